The highest BCUT2D eigenvalue weighted by Crippen LogP contribution is 2.33. The number of benzene rings is 3. The molecular weight excluding hydrogens is 368 g/mol. The van der Waals surface area contributed by atoms with E-state index in [-0.39, 0.29) is 6.10 Å². The van der Waals surface area contributed by atoms with Gasteiger partial charge in [-0.2, -0.15) is 0 Å². The van der Waals surface area contributed by atoms with E-state index in [0.717, 1.165) is 31.8 Å². The first kappa shape index (κ1) is 22.1. The maximum absolute atomic E-state index is 5.87. The van der Waals surface area contributed by atoms with Crippen molar-refractivity contribution in [3.05, 3.63) is 78.4 Å². The minimum absolute atomic E-state index is 0.124. The molecule has 0 amide bonds. The standard InChI is InChI=1S/C28H34O2/c1-4-6-9-21-30-26-18-16-25(17-19-26)28-11-8-7-10-27(28)24-14-12-23(13-15-24)22(3)29-20-5-2/h7-8,10-19,22H,4-6,9,20-21H2,1-3H3. The third-order valence-electron chi connectivity index (χ3n) is 5.37. The monoisotopic (exact) mass is 402 g/mol. The fourth-order valence-electron chi connectivity index (χ4n) is 3.58. The van der Waals surface area contributed by atoms with E-state index in [1.807, 2.05) is 0 Å². The van der Waals surface area contributed by atoms with Gasteiger partial charge in [0, 0.05) is 6.61 Å². The Morgan fingerprint density at radius 2 is 1.27 bits per heavy atom. The van der Waals surface area contributed by atoms with Crippen LogP contribution < -0.4 is 4.74 Å². The Bertz CT molecular complexity index is 881. The average molecular weight is 403 g/mol. The Hall–Kier alpha value is -2.58. The van der Waals surface area contributed by atoms with E-state index in [0.29, 0.717) is 0 Å². The third-order valence-corrected chi connectivity index (χ3v) is 5.37. The Morgan fingerprint density at radius 1 is 0.667 bits per heavy atom. The van der Waals surface area contributed by atoms with Crippen LogP contribution in [0.5, 0.6) is 5.75 Å². The second-order valence-electron chi connectivity index (χ2n) is 7.76. The maximum Gasteiger partial charge on any atom is 0.119 e. The Kier molecular flexibility index (Phi) is 8.53. The summed E-state index contributed by atoms with van der Waals surface area (Å²) in [5.74, 6) is 0.942. The van der Waals surface area contributed by atoms with Crippen LogP contribution in [0.1, 0.15) is 58.1 Å². The highest BCUT2D eigenvalue weighted by atomic mass is 16.5. The number of unbranched alkanes of at least 4 members (excludes halogenated alkanes) is 2. The van der Waals surface area contributed by atoms with Gasteiger partial charge in [-0.15, -0.1) is 0 Å². The van der Waals surface area contributed by atoms with Gasteiger partial charge in [-0.05, 0) is 59.7 Å². The average Bonchev–Trinajstić information content (AvgIpc) is 2.81. The lowest BCUT2D eigenvalue weighted by molar-refractivity contribution is 0.0663. The molecule has 0 N–H and O–H groups in total. The summed E-state index contributed by atoms with van der Waals surface area (Å²) < 4.78 is 11.7. The molecular formula is C28H34O2. The van der Waals surface area contributed by atoms with E-state index in [2.05, 4.69) is 93.6 Å². The van der Waals surface area contributed by atoms with E-state index in [1.165, 1.54) is 40.7 Å². The molecule has 0 heterocycles. The number of hydrogen-bond acceptors (Lipinski definition) is 2. The normalized spacial score (nSPS) is 12.0. The minimum Gasteiger partial charge on any atom is -0.494 e. The Balaban J connectivity index is 1.76. The van der Waals surface area contributed by atoms with Gasteiger partial charge in [0.15, 0.2) is 0 Å². The molecule has 1 atom stereocenters. The van der Waals surface area contributed by atoms with Gasteiger partial charge in [0.05, 0.1) is 12.7 Å². The number of ether oxygens (including phenoxy) is 2. The van der Waals surface area contributed by atoms with Crippen LogP contribution in [0.3, 0.4) is 0 Å². The van der Waals surface area contributed by atoms with Crippen LogP contribution in [-0.4, -0.2) is 13.2 Å². The van der Waals surface area contributed by atoms with Gasteiger partial charge in [0.25, 0.3) is 0 Å². The molecule has 0 aliphatic carbocycles. The molecule has 0 bridgehead atoms. The number of rotatable bonds is 11. The van der Waals surface area contributed by atoms with Gasteiger partial charge < -0.3 is 9.47 Å². The van der Waals surface area contributed by atoms with Gasteiger partial charge in [-0.1, -0.05) is 87.4 Å². The fraction of sp³-hybridized carbons (Fsp3) is 0.357. The van der Waals surface area contributed by atoms with Crippen molar-refractivity contribution in [2.75, 3.05) is 13.2 Å². The van der Waals surface area contributed by atoms with E-state index < -0.39 is 0 Å². The first-order chi connectivity index (χ1) is 14.7. The highest BCUT2D eigenvalue weighted by molar-refractivity contribution is 5.83. The summed E-state index contributed by atoms with van der Waals surface area (Å²) in [4.78, 5) is 0. The van der Waals surface area contributed by atoms with Crippen molar-refractivity contribution in [1.29, 1.82) is 0 Å². The first-order valence-electron chi connectivity index (χ1n) is 11.3. The molecule has 0 aliphatic heterocycles. The molecule has 2 nitrogen and oxygen atoms in total. The van der Waals surface area contributed by atoms with Crippen molar-refractivity contribution >= 4 is 0 Å². The second-order valence-corrected chi connectivity index (χ2v) is 7.76. The lowest BCUT2D eigenvalue weighted by Crippen LogP contribution is -2.00. The highest BCUT2D eigenvalue weighted by Gasteiger charge is 2.09. The quantitative estimate of drug-likeness (QED) is 0.302. The van der Waals surface area contributed by atoms with Crippen LogP contribution in [0.25, 0.3) is 22.3 Å². The van der Waals surface area contributed by atoms with E-state index >= 15 is 0 Å². The third kappa shape index (κ3) is 5.96. The lowest BCUT2D eigenvalue weighted by atomic mass is 9.94. The van der Waals surface area contributed by atoms with E-state index in [9.17, 15) is 0 Å². The molecule has 0 spiro atoms. The molecule has 0 saturated heterocycles. The summed E-state index contributed by atoms with van der Waals surface area (Å²) in [6.07, 6.45) is 4.70. The zero-order valence-corrected chi connectivity index (χ0v) is 18.6. The van der Waals surface area contributed by atoms with Crippen molar-refractivity contribution < 1.29 is 9.47 Å². The van der Waals surface area contributed by atoms with Crippen molar-refractivity contribution in [2.24, 2.45) is 0 Å². The summed E-state index contributed by atoms with van der Waals surface area (Å²) in [6.45, 7) is 8.05. The molecule has 158 valence electrons. The van der Waals surface area contributed by atoms with Crippen molar-refractivity contribution in [3.63, 3.8) is 0 Å². The summed E-state index contributed by atoms with van der Waals surface area (Å²) >= 11 is 0. The molecule has 3 rings (SSSR count). The minimum atomic E-state index is 0.124. The summed E-state index contributed by atoms with van der Waals surface area (Å²) in [5.41, 5.74) is 6.11. The molecule has 1 unspecified atom stereocenters. The first-order valence-corrected chi connectivity index (χ1v) is 11.3. The molecule has 0 aromatic heterocycles. The second kappa shape index (κ2) is 11.6. The fourth-order valence-corrected chi connectivity index (χ4v) is 3.58. The van der Waals surface area contributed by atoms with Crippen LogP contribution in [0.15, 0.2) is 72.8 Å². The zero-order valence-electron chi connectivity index (χ0n) is 18.6. The molecule has 2 heteroatoms. The molecule has 0 aliphatic rings. The topological polar surface area (TPSA) is 18.5 Å². The number of hydrogen-bond donors (Lipinski definition) is 0. The SMILES string of the molecule is CCCCCOc1ccc(-c2ccccc2-c2ccc(C(C)OCCC)cc2)cc1. The molecule has 3 aromatic rings. The maximum atomic E-state index is 5.87. The Morgan fingerprint density at radius 3 is 1.83 bits per heavy atom. The largest absolute Gasteiger partial charge is 0.494 e. The van der Waals surface area contributed by atoms with Crippen LogP contribution in [0.2, 0.25) is 0 Å². The lowest BCUT2D eigenvalue weighted by Gasteiger charge is -2.15. The summed E-state index contributed by atoms with van der Waals surface area (Å²) in [5, 5.41) is 0. The molecule has 0 fully saturated rings. The molecule has 3 aromatic carbocycles. The van der Waals surface area contributed by atoms with Gasteiger partial charge in [-0.3, -0.25) is 0 Å². The van der Waals surface area contributed by atoms with Gasteiger partial charge in [0.1, 0.15) is 5.75 Å². The van der Waals surface area contributed by atoms with Crippen molar-refractivity contribution in [3.8, 4) is 28.0 Å². The van der Waals surface area contributed by atoms with Crippen LogP contribution in [-0.2, 0) is 4.74 Å². The zero-order chi connectivity index (χ0) is 21.2. The van der Waals surface area contributed by atoms with Gasteiger partial charge >= 0.3 is 0 Å². The van der Waals surface area contributed by atoms with Crippen LogP contribution in [0.4, 0.5) is 0 Å². The summed E-state index contributed by atoms with van der Waals surface area (Å²) in [6, 6.07) is 25.8. The van der Waals surface area contributed by atoms with Gasteiger partial charge in [-0.25, -0.2) is 0 Å². The summed E-state index contributed by atoms with van der Waals surface area (Å²) in [7, 11) is 0. The van der Waals surface area contributed by atoms with E-state index in [4.69, 9.17) is 9.47 Å². The Labute approximate surface area is 181 Å². The van der Waals surface area contributed by atoms with Crippen molar-refractivity contribution in [2.45, 2.75) is 52.6 Å². The molecule has 30 heavy (non-hydrogen) atoms. The predicted octanol–water partition coefficient (Wildman–Crippen LogP) is 8.08. The smallest absolute Gasteiger partial charge is 0.119 e. The van der Waals surface area contributed by atoms with Crippen molar-refractivity contribution in [1.82, 2.24) is 0 Å². The van der Waals surface area contributed by atoms with E-state index in [1.54, 1.807) is 0 Å². The molecule has 0 radical (unpaired) electrons. The molecule has 0 saturated carbocycles. The van der Waals surface area contributed by atoms with Crippen LogP contribution in [0, 0.1) is 0 Å². The van der Waals surface area contributed by atoms with Gasteiger partial charge in [0.2, 0.25) is 0 Å². The van der Waals surface area contributed by atoms with Crippen LogP contribution >= 0.6 is 0 Å². The predicted molar refractivity (Wildman–Crippen MR) is 127 cm³/mol.